The molecule has 0 unspecified atom stereocenters. The van der Waals surface area contributed by atoms with Crippen molar-refractivity contribution in [2.24, 2.45) is 0 Å². The Labute approximate surface area is 136 Å². The number of amides is 1. The van der Waals surface area contributed by atoms with Gasteiger partial charge in [-0.15, -0.1) is 0 Å². The average Bonchev–Trinajstić information content (AvgIpc) is 3.00. The Bertz CT molecular complexity index is 634. The molecule has 0 saturated carbocycles. The van der Waals surface area contributed by atoms with Gasteiger partial charge in [0.25, 0.3) is 5.91 Å². The molecule has 0 aromatic carbocycles. The monoisotopic (exact) mass is 316 g/mol. The smallest absolute Gasteiger partial charge is 0.253 e. The molecule has 0 fully saturated rings. The van der Waals surface area contributed by atoms with E-state index < -0.39 is 0 Å². The van der Waals surface area contributed by atoms with Gasteiger partial charge in [0.2, 0.25) is 0 Å². The van der Waals surface area contributed by atoms with Crippen LogP contribution in [0.3, 0.4) is 0 Å². The van der Waals surface area contributed by atoms with Crippen LogP contribution < -0.4 is 10.2 Å². The number of carbonyl (C=O) groups excluding carboxylic acids is 1. The Morgan fingerprint density at radius 3 is 2.78 bits per heavy atom. The van der Waals surface area contributed by atoms with Gasteiger partial charge >= 0.3 is 0 Å². The van der Waals surface area contributed by atoms with E-state index in [1.807, 2.05) is 24.1 Å². The van der Waals surface area contributed by atoms with E-state index in [1.165, 1.54) is 0 Å². The molecule has 0 bridgehead atoms. The maximum Gasteiger partial charge on any atom is 0.253 e. The van der Waals surface area contributed by atoms with Crippen molar-refractivity contribution in [1.82, 2.24) is 15.5 Å². The van der Waals surface area contributed by atoms with Gasteiger partial charge in [0.1, 0.15) is 5.82 Å². The van der Waals surface area contributed by atoms with Gasteiger partial charge in [-0.1, -0.05) is 18.5 Å². The van der Waals surface area contributed by atoms with Crippen molar-refractivity contribution in [3.05, 3.63) is 41.4 Å². The van der Waals surface area contributed by atoms with Gasteiger partial charge in [-0.2, -0.15) is 0 Å². The maximum atomic E-state index is 12.1. The van der Waals surface area contributed by atoms with Crippen molar-refractivity contribution in [2.45, 2.75) is 46.2 Å². The number of aromatic nitrogens is 2. The molecule has 0 radical (unpaired) electrons. The number of carbonyl (C=O) groups is 1. The normalized spacial score (nSPS) is 10.8. The lowest BCUT2D eigenvalue weighted by Crippen LogP contribution is -2.27. The quantitative estimate of drug-likeness (QED) is 0.850. The number of nitrogens with one attached hydrogen (secondary N) is 1. The van der Waals surface area contributed by atoms with E-state index in [-0.39, 0.29) is 5.91 Å². The van der Waals surface area contributed by atoms with E-state index in [0.717, 1.165) is 24.4 Å². The third-order valence-electron chi connectivity index (χ3n) is 3.68. The highest BCUT2D eigenvalue weighted by Gasteiger charge is 2.11. The number of nitrogens with zero attached hydrogens (tertiary/aromatic N) is 3. The predicted octanol–water partition coefficient (Wildman–Crippen LogP) is 2.80. The fourth-order valence-electron chi connectivity index (χ4n) is 2.08. The van der Waals surface area contributed by atoms with Crippen LogP contribution in [0.1, 0.15) is 49.0 Å². The van der Waals surface area contributed by atoms with Gasteiger partial charge in [0.15, 0.2) is 5.76 Å². The first-order chi connectivity index (χ1) is 11.0. The van der Waals surface area contributed by atoms with Crippen molar-refractivity contribution in [3.63, 3.8) is 0 Å². The van der Waals surface area contributed by atoms with Crippen LogP contribution in [0.5, 0.6) is 0 Å². The molecule has 2 aromatic heterocycles. The van der Waals surface area contributed by atoms with Gasteiger partial charge in [-0.3, -0.25) is 4.79 Å². The van der Waals surface area contributed by atoms with Crippen LogP contribution in [0.4, 0.5) is 5.82 Å². The van der Waals surface area contributed by atoms with E-state index in [4.69, 9.17) is 4.52 Å². The molecule has 0 saturated heterocycles. The molecule has 0 aliphatic carbocycles. The van der Waals surface area contributed by atoms with Crippen LogP contribution in [-0.4, -0.2) is 29.1 Å². The van der Waals surface area contributed by atoms with Gasteiger partial charge < -0.3 is 14.7 Å². The summed E-state index contributed by atoms with van der Waals surface area (Å²) in [6.45, 7) is 6.59. The molecule has 1 amide bonds. The highest BCUT2D eigenvalue weighted by atomic mass is 16.5. The van der Waals surface area contributed by atoms with Crippen LogP contribution in [0.15, 0.2) is 28.9 Å². The second kappa shape index (κ2) is 7.76. The SMILES string of the molecule is CCCc1cc(CNC(=O)c2ccc(N(C)C(C)C)nc2)on1. The molecule has 23 heavy (non-hydrogen) atoms. The maximum absolute atomic E-state index is 12.1. The molecule has 0 spiro atoms. The van der Waals surface area contributed by atoms with Gasteiger partial charge in [0.05, 0.1) is 17.8 Å². The molecular weight excluding hydrogens is 292 g/mol. The van der Waals surface area contributed by atoms with Crippen molar-refractivity contribution in [1.29, 1.82) is 0 Å². The zero-order valence-corrected chi connectivity index (χ0v) is 14.2. The first-order valence-electron chi connectivity index (χ1n) is 7.92. The minimum atomic E-state index is -0.176. The molecule has 0 atom stereocenters. The lowest BCUT2D eigenvalue weighted by atomic mass is 10.2. The average molecular weight is 316 g/mol. The van der Waals surface area contributed by atoms with Gasteiger partial charge in [0, 0.05) is 25.4 Å². The van der Waals surface area contributed by atoms with E-state index >= 15 is 0 Å². The van der Waals surface area contributed by atoms with E-state index in [1.54, 1.807) is 12.3 Å². The fourth-order valence-corrected chi connectivity index (χ4v) is 2.08. The molecule has 2 heterocycles. The van der Waals surface area contributed by atoms with Crippen LogP contribution in [0.25, 0.3) is 0 Å². The first kappa shape index (κ1) is 17.0. The minimum absolute atomic E-state index is 0.176. The van der Waals surface area contributed by atoms with Crippen molar-refractivity contribution in [2.75, 3.05) is 11.9 Å². The molecule has 6 heteroatoms. The van der Waals surface area contributed by atoms with Crippen molar-refractivity contribution >= 4 is 11.7 Å². The molecule has 0 aliphatic heterocycles. The second-order valence-electron chi connectivity index (χ2n) is 5.83. The fraction of sp³-hybridized carbons (Fsp3) is 0.471. The summed E-state index contributed by atoms with van der Waals surface area (Å²) in [5.41, 5.74) is 1.44. The summed E-state index contributed by atoms with van der Waals surface area (Å²) >= 11 is 0. The Kier molecular flexibility index (Phi) is 5.73. The number of rotatable bonds is 7. The predicted molar refractivity (Wildman–Crippen MR) is 89.4 cm³/mol. The number of hydrogen-bond acceptors (Lipinski definition) is 5. The van der Waals surface area contributed by atoms with E-state index in [9.17, 15) is 4.79 Å². The summed E-state index contributed by atoms with van der Waals surface area (Å²) in [5, 5.41) is 6.78. The summed E-state index contributed by atoms with van der Waals surface area (Å²) in [5.74, 6) is 1.33. The molecular formula is C17H24N4O2. The summed E-state index contributed by atoms with van der Waals surface area (Å²) < 4.78 is 5.19. The van der Waals surface area contributed by atoms with E-state index in [0.29, 0.717) is 23.9 Å². The number of hydrogen-bond donors (Lipinski definition) is 1. The van der Waals surface area contributed by atoms with Crippen molar-refractivity contribution < 1.29 is 9.32 Å². The number of anilines is 1. The molecule has 1 N–H and O–H groups in total. The Balaban J connectivity index is 1.92. The minimum Gasteiger partial charge on any atom is -0.359 e. The zero-order chi connectivity index (χ0) is 16.8. The Hall–Kier alpha value is -2.37. The third-order valence-corrected chi connectivity index (χ3v) is 3.68. The van der Waals surface area contributed by atoms with Crippen LogP contribution in [-0.2, 0) is 13.0 Å². The summed E-state index contributed by atoms with van der Waals surface area (Å²) in [6.07, 6.45) is 3.49. The summed E-state index contributed by atoms with van der Waals surface area (Å²) in [7, 11) is 1.98. The first-order valence-corrected chi connectivity index (χ1v) is 7.92. The van der Waals surface area contributed by atoms with E-state index in [2.05, 4.69) is 36.2 Å². The highest BCUT2D eigenvalue weighted by Crippen LogP contribution is 2.12. The Morgan fingerprint density at radius 1 is 1.39 bits per heavy atom. The Morgan fingerprint density at radius 2 is 2.17 bits per heavy atom. The molecule has 2 rings (SSSR count). The molecule has 2 aromatic rings. The summed E-state index contributed by atoms with van der Waals surface area (Å²) in [6, 6.07) is 5.86. The van der Waals surface area contributed by atoms with Crippen molar-refractivity contribution in [3.8, 4) is 0 Å². The van der Waals surface area contributed by atoms with Gasteiger partial charge in [-0.25, -0.2) is 4.98 Å². The van der Waals surface area contributed by atoms with Crippen LogP contribution in [0.2, 0.25) is 0 Å². The van der Waals surface area contributed by atoms with Gasteiger partial charge in [-0.05, 0) is 32.4 Å². The second-order valence-corrected chi connectivity index (χ2v) is 5.83. The zero-order valence-electron chi connectivity index (χ0n) is 14.2. The van der Waals surface area contributed by atoms with Crippen LogP contribution >= 0.6 is 0 Å². The highest BCUT2D eigenvalue weighted by molar-refractivity contribution is 5.93. The standard InChI is InChI=1S/C17H24N4O2/c1-5-6-14-9-15(23-20-14)11-19-17(22)13-7-8-16(18-10-13)21(4)12(2)3/h7-10,12H,5-6,11H2,1-4H3,(H,19,22). The van der Waals surface area contributed by atoms with Crippen LogP contribution in [0, 0.1) is 0 Å². The molecule has 0 aliphatic rings. The lowest BCUT2D eigenvalue weighted by molar-refractivity contribution is 0.0946. The number of aryl methyl sites for hydroxylation is 1. The third kappa shape index (κ3) is 4.55. The largest absolute Gasteiger partial charge is 0.359 e. The molecule has 6 nitrogen and oxygen atoms in total. The lowest BCUT2D eigenvalue weighted by Gasteiger charge is -2.22. The summed E-state index contributed by atoms with van der Waals surface area (Å²) in [4.78, 5) is 18.5. The topological polar surface area (TPSA) is 71.3 Å². The molecule has 124 valence electrons. The number of pyridine rings is 1.